The molecule has 1 saturated heterocycles. The third kappa shape index (κ3) is 2.45. The lowest BCUT2D eigenvalue weighted by molar-refractivity contribution is 0.363. The molecule has 1 fully saturated rings. The smallest absolute Gasteiger partial charge is 0.131 e. The standard InChI is InChI=1S/C11H18N4/c1-9(12)10-3-2-6-15(7-10)11-4-5-13-8-14-11/h4-5,8-10H,2-3,6-7,12H2,1H3. The molecule has 2 N–H and O–H groups in total. The van der Waals surface area contributed by atoms with Crippen molar-refractivity contribution < 1.29 is 0 Å². The Morgan fingerprint density at radius 2 is 2.47 bits per heavy atom. The fraction of sp³-hybridized carbons (Fsp3) is 0.636. The molecule has 15 heavy (non-hydrogen) atoms. The van der Waals surface area contributed by atoms with Crippen LogP contribution in [0.4, 0.5) is 5.82 Å². The SMILES string of the molecule is CC(N)C1CCCN(c2ccncn2)C1. The van der Waals surface area contributed by atoms with Gasteiger partial charge in [0.25, 0.3) is 0 Å². The van der Waals surface area contributed by atoms with Gasteiger partial charge in [-0.2, -0.15) is 0 Å². The van der Waals surface area contributed by atoms with Crippen molar-refractivity contribution in [2.45, 2.75) is 25.8 Å². The molecule has 1 aromatic heterocycles. The largest absolute Gasteiger partial charge is 0.356 e. The maximum atomic E-state index is 5.95. The summed E-state index contributed by atoms with van der Waals surface area (Å²) in [6, 6.07) is 2.23. The van der Waals surface area contributed by atoms with Crippen LogP contribution in [0.5, 0.6) is 0 Å². The number of nitrogens with two attached hydrogens (primary N) is 1. The monoisotopic (exact) mass is 206 g/mol. The summed E-state index contributed by atoms with van der Waals surface area (Å²) in [6.07, 6.45) is 5.83. The number of aromatic nitrogens is 2. The van der Waals surface area contributed by atoms with E-state index in [0.29, 0.717) is 5.92 Å². The number of piperidine rings is 1. The van der Waals surface area contributed by atoms with Crippen LogP contribution in [0.25, 0.3) is 0 Å². The van der Waals surface area contributed by atoms with Crippen molar-refractivity contribution in [3.05, 3.63) is 18.6 Å². The van der Waals surface area contributed by atoms with Crippen molar-refractivity contribution in [2.24, 2.45) is 11.7 Å². The number of hydrogen-bond donors (Lipinski definition) is 1. The zero-order chi connectivity index (χ0) is 10.7. The maximum absolute atomic E-state index is 5.95. The average molecular weight is 206 g/mol. The van der Waals surface area contributed by atoms with E-state index in [9.17, 15) is 0 Å². The molecule has 0 saturated carbocycles. The van der Waals surface area contributed by atoms with Crippen molar-refractivity contribution in [3.63, 3.8) is 0 Å². The minimum Gasteiger partial charge on any atom is -0.356 e. The highest BCUT2D eigenvalue weighted by atomic mass is 15.2. The molecule has 1 aliphatic heterocycles. The molecule has 0 radical (unpaired) electrons. The molecule has 1 aromatic rings. The van der Waals surface area contributed by atoms with Gasteiger partial charge in [0.1, 0.15) is 12.1 Å². The van der Waals surface area contributed by atoms with Gasteiger partial charge >= 0.3 is 0 Å². The van der Waals surface area contributed by atoms with Crippen LogP contribution < -0.4 is 10.6 Å². The van der Waals surface area contributed by atoms with Crippen molar-refractivity contribution in [1.29, 1.82) is 0 Å². The predicted molar refractivity (Wildman–Crippen MR) is 60.6 cm³/mol. The zero-order valence-corrected chi connectivity index (χ0v) is 9.13. The van der Waals surface area contributed by atoms with Crippen LogP contribution in [0.3, 0.4) is 0 Å². The van der Waals surface area contributed by atoms with Crippen LogP contribution in [-0.4, -0.2) is 29.1 Å². The third-order valence-electron chi connectivity index (χ3n) is 3.09. The van der Waals surface area contributed by atoms with Gasteiger partial charge in [0.2, 0.25) is 0 Å². The van der Waals surface area contributed by atoms with E-state index in [0.717, 1.165) is 18.9 Å². The van der Waals surface area contributed by atoms with E-state index in [1.54, 1.807) is 12.5 Å². The lowest BCUT2D eigenvalue weighted by atomic mass is 9.92. The summed E-state index contributed by atoms with van der Waals surface area (Å²) in [5.41, 5.74) is 5.95. The molecule has 0 bridgehead atoms. The van der Waals surface area contributed by atoms with E-state index in [1.807, 2.05) is 6.07 Å². The van der Waals surface area contributed by atoms with E-state index in [-0.39, 0.29) is 6.04 Å². The first-order valence-corrected chi connectivity index (χ1v) is 5.54. The summed E-state index contributed by atoms with van der Waals surface area (Å²) in [4.78, 5) is 10.5. The second-order valence-electron chi connectivity index (χ2n) is 4.28. The summed E-state index contributed by atoms with van der Waals surface area (Å²) in [5, 5.41) is 0. The summed E-state index contributed by atoms with van der Waals surface area (Å²) in [5.74, 6) is 1.61. The van der Waals surface area contributed by atoms with Gasteiger partial charge in [-0.1, -0.05) is 0 Å². The Morgan fingerprint density at radius 3 is 3.13 bits per heavy atom. The molecular weight excluding hydrogens is 188 g/mol. The van der Waals surface area contributed by atoms with E-state index in [4.69, 9.17) is 5.73 Å². The molecule has 1 aliphatic rings. The highest BCUT2D eigenvalue weighted by Gasteiger charge is 2.23. The van der Waals surface area contributed by atoms with Crippen LogP contribution in [0.2, 0.25) is 0 Å². The van der Waals surface area contributed by atoms with Gasteiger partial charge in [-0.05, 0) is 31.7 Å². The first-order valence-electron chi connectivity index (χ1n) is 5.54. The van der Waals surface area contributed by atoms with Crippen LogP contribution in [-0.2, 0) is 0 Å². The minimum atomic E-state index is 0.273. The molecule has 4 nitrogen and oxygen atoms in total. The average Bonchev–Trinajstić information content (AvgIpc) is 2.30. The van der Waals surface area contributed by atoms with Gasteiger partial charge in [0.15, 0.2) is 0 Å². The Morgan fingerprint density at radius 1 is 1.60 bits per heavy atom. The Hall–Kier alpha value is -1.16. The summed E-state index contributed by atoms with van der Waals surface area (Å²) in [7, 11) is 0. The topological polar surface area (TPSA) is 55.0 Å². The highest BCUT2D eigenvalue weighted by Crippen LogP contribution is 2.22. The van der Waals surface area contributed by atoms with E-state index in [2.05, 4.69) is 21.8 Å². The molecule has 0 aliphatic carbocycles. The van der Waals surface area contributed by atoms with E-state index in [1.165, 1.54) is 12.8 Å². The predicted octanol–water partition coefficient (Wildman–Crippen LogP) is 1.04. The Bertz CT molecular complexity index is 299. The second-order valence-corrected chi connectivity index (χ2v) is 4.28. The number of nitrogens with zero attached hydrogens (tertiary/aromatic N) is 3. The summed E-state index contributed by atoms with van der Waals surface area (Å²) >= 11 is 0. The summed E-state index contributed by atoms with van der Waals surface area (Å²) in [6.45, 7) is 4.20. The zero-order valence-electron chi connectivity index (χ0n) is 9.13. The van der Waals surface area contributed by atoms with E-state index >= 15 is 0 Å². The van der Waals surface area contributed by atoms with Gasteiger partial charge in [-0.3, -0.25) is 0 Å². The first kappa shape index (κ1) is 10.4. The molecule has 82 valence electrons. The van der Waals surface area contributed by atoms with Crippen molar-refractivity contribution in [3.8, 4) is 0 Å². The molecule has 4 heteroatoms. The van der Waals surface area contributed by atoms with Crippen LogP contribution >= 0.6 is 0 Å². The lowest BCUT2D eigenvalue weighted by Crippen LogP contribution is -2.42. The molecular formula is C11H18N4. The fourth-order valence-corrected chi connectivity index (χ4v) is 2.12. The number of rotatable bonds is 2. The van der Waals surface area contributed by atoms with Crippen LogP contribution in [0, 0.1) is 5.92 Å². The molecule has 0 spiro atoms. The first-order chi connectivity index (χ1) is 7.27. The maximum Gasteiger partial charge on any atom is 0.131 e. The third-order valence-corrected chi connectivity index (χ3v) is 3.09. The fourth-order valence-electron chi connectivity index (χ4n) is 2.12. The van der Waals surface area contributed by atoms with Crippen molar-refractivity contribution >= 4 is 5.82 Å². The molecule has 2 rings (SSSR count). The van der Waals surface area contributed by atoms with Gasteiger partial charge in [0, 0.05) is 25.3 Å². The van der Waals surface area contributed by atoms with Gasteiger partial charge < -0.3 is 10.6 Å². The van der Waals surface area contributed by atoms with Crippen molar-refractivity contribution in [2.75, 3.05) is 18.0 Å². The summed E-state index contributed by atoms with van der Waals surface area (Å²) < 4.78 is 0. The Labute approximate surface area is 90.5 Å². The molecule has 0 aromatic carbocycles. The highest BCUT2D eigenvalue weighted by molar-refractivity contribution is 5.37. The Balaban J connectivity index is 2.05. The number of hydrogen-bond acceptors (Lipinski definition) is 4. The molecule has 2 atom stereocenters. The number of anilines is 1. The quantitative estimate of drug-likeness (QED) is 0.785. The van der Waals surface area contributed by atoms with Gasteiger partial charge in [0.05, 0.1) is 0 Å². The van der Waals surface area contributed by atoms with Gasteiger partial charge in [-0.15, -0.1) is 0 Å². The van der Waals surface area contributed by atoms with Crippen LogP contribution in [0.1, 0.15) is 19.8 Å². The van der Waals surface area contributed by atoms with Crippen LogP contribution in [0.15, 0.2) is 18.6 Å². The van der Waals surface area contributed by atoms with E-state index < -0.39 is 0 Å². The normalized spacial score (nSPS) is 23.9. The lowest BCUT2D eigenvalue weighted by Gasteiger charge is -2.35. The molecule has 2 heterocycles. The molecule has 2 unspecified atom stereocenters. The van der Waals surface area contributed by atoms with Crippen molar-refractivity contribution in [1.82, 2.24) is 9.97 Å². The minimum absolute atomic E-state index is 0.273. The van der Waals surface area contributed by atoms with Gasteiger partial charge in [-0.25, -0.2) is 9.97 Å². The second kappa shape index (κ2) is 4.57. The Kier molecular flexibility index (Phi) is 3.16. The molecule has 0 amide bonds.